The first-order chi connectivity index (χ1) is 9.55. The molecule has 0 aromatic heterocycles. The summed E-state index contributed by atoms with van der Waals surface area (Å²) in [5.41, 5.74) is 0.607. The van der Waals surface area contributed by atoms with E-state index >= 15 is 0 Å². The van der Waals surface area contributed by atoms with Crippen molar-refractivity contribution in [3.63, 3.8) is 0 Å². The fourth-order valence-corrected chi connectivity index (χ4v) is 1.49. The van der Waals surface area contributed by atoms with Gasteiger partial charge in [-0.1, -0.05) is 0 Å². The van der Waals surface area contributed by atoms with Crippen molar-refractivity contribution in [2.24, 2.45) is 0 Å². The summed E-state index contributed by atoms with van der Waals surface area (Å²) >= 11 is 0. The molecular formula is C13H18N2O5. The van der Waals surface area contributed by atoms with Crippen LogP contribution >= 0.6 is 0 Å². The summed E-state index contributed by atoms with van der Waals surface area (Å²) < 4.78 is 9.96. The van der Waals surface area contributed by atoms with Gasteiger partial charge in [-0.25, -0.2) is 4.79 Å². The summed E-state index contributed by atoms with van der Waals surface area (Å²) in [6.07, 6.45) is -0.728. The van der Waals surface area contributed by atoms with Gasteiger partial charge in [0.1, 0.15) is 5.75 Å². The van der Waals surface area contributed by atoms with Gasteiger partial charge >= 0.3 is 12.0 Å². The van der Waals surface area contributed by atoms with Gasteiger partial charge in [-0.05, 0) is 24.3 Å². The first-order valence-corrected chi connectivity index (χ1v) is 5.98. The maximum atomic E-state index is 11.6. The van der Waals surface area contributed by atoms with Crippen molar-refractivity contribution in [1.29, 1.82) is 0 Å². The highest BCUT2D eigenvalue weighted by Gasteiger charge is 2.13. The van der Waals surface area contributed by atoms with Crippen LogP contribution in [-0.4, -0.2) is 44.0 Å². The number of aliphatic carboxylic acids is 1. The highest BCUT2D eigenvalue weighted by atomic mass is 16.5. The van der Waals surface area contributed by atoms with Crippen molar-refractivity contribution in [2.45, 2.75) is 12.5 Å². The Balaban J connectivity index is 2.40. The normalized spacial score (nSPS) is 11.5. The van der Waals surface area contributed by atoms with Crippen LogP contribution in [0.3, 0.4) is 0 Å². The lowest BCUT2D eigenvalue weighted by atomic mass is 10.2. The van der Waals surface area contributed by atoms with Gasteiger partial charge in [0.05, 0.1) is 19.6 Å². The van der Waals surface area contributed by atoms with Crippen LogP contribution < -0.4 is 15.4 Å². The lowest BCUT2D eigenvalue weighted by Crippen LogP contribution is -2.37. The third-order valence-corrected chi connectivity index (χ3v) is 2.57. The molecule has 0 aliphatic carbocycles. The summed E-state index contributed by atoms with van der Waals surface area (Å²) in [5, 5.41) is 13.8. The lowest BCUT2D eigenvalue weighted by Gasteiger charge is -2.14. The Morgan fingerprint density at radius 1 is 1.25 bits per heavy atom. The second kappa shape index (κ2) is 8.00. The van der Waals surface area contributed by atoms with Crippen LogP contribution in [0.15, 0.2) is 24.3 Å². The van der Waals surface area contributed by atoms with Gasteiger partial charge in [0.15, 0.2) is 0 Å². The molecule has 0 saturated heterocycles. The van der Waals surface area contributed by atoms with Gasteiger partial charge in [0, 0.05) is 19.3 Å². The SMILES string of the molecule is COc1ccc(NC(=O)NCC(CC(=O)O)OC)cc1. The van der Waals surface area contributed by atoms with E-state index in [-0.39, 0.29) is 13.0 Å². The molecule has 0 fully saturated rings. The molecule has 1 unspecified atom stereocenters. The Morgan fingerprint density at radius 2 is 1.90 bits per heavy atom. The molecule has 0 spiro atoms. The number of carbonyl (C=O) groups excluding carboxylic acids is 1. The van der Waals surface area contributed by atoms with Crippen molar-refractivity contribution in [2.75, 3.05) is 26.1 Å². The topological polar surface area (TPSA) is 96.9 Å². The lowest BCUT2D eigenvalue weighted by molar-refractivity contribution is -0.139. The molecule has 7 nitrogen and oxygen atoms in total. The zero-order chi connectivity index (χ0) is 15.0. The number of carbonyl (C=O) groups is 2. The van der Waals surface area contributed by atoms with Crippen molar-refractivity contribution in [3.05, 3.63) is 24.3 Å². The van der Waals surface area contributed by atoms with Crippen LogP contribution in [0.1, 0.15) is 6.42 Å². The maximum Gasteiger partial charge on any atom is 0.319 e. The predicted octanol–water partition coefficient (Wildman–Crippen LogP) is 1.31. The molecule has 0 bridgehead atoms. The Hall–Kier alpha value is -2.28. The number of hydrogen-bond acceptors (Lipinski definition) is 4. The number of carboxylic acid groups (broad SMARTS) is 1. The van der Waals surface area contributed by atoms with Crippen LogP contribution in [0.4, 0.5) is 10.5 Å². The summed E-state index contributed by atoms with van der Waals surface area (Å²) in [5.74, 6) is -0.286. The molecule has 0 aliphatic rings. The quantitative estimate of drug-likeness (QED) is 0.700. The van der Waals surface area contributed by atoms with E-state index in [1.165, 1.54) is 7.11 Å². The number of nitrogens with one attached hydrogen (secondary N) is 2. The minimum absolute atomic E-state index is 0.116. The van der Waals surface area contributed by atoms with Crippen LogP contribution in [0.5, 0.6) is 5.75 Å². The smallest absolute Gasteiger partial charge is 0.319 e. The third kappa shape index (κ3) is 5.57. The number of amides is 2. The second-order valence-corrected chi connectivity index (χ2v) is 4.02. The molecule has 1 rings (SSSR count). The second-order valence-electron chi connectivity index (χ2n) is 4.02. The van der Waals surface area contributed by atoms with E-state index in [0.29, 0.717) is 11.4 Å². The van der Waals surface area contributed by atoms with Crippen LogP contribution in [0, 0.1) is 0 Å². The molecule has 7 heteroatoms. The number of anilines is 1. The average molecular weight is 282 g/mol. The molecule has 2 amide bonds. The average Bonchev–Trinajstić information content (AvgIpc) is 2.44. The van der Waals surface area contributed by atoms with E-state index in [1.807, 2.05) is 0 Å². The van der Waals surface area contributed by atoms with E-state index in [4.69, 9.17) is 14.6 Å². The van der Waals surface area contributed by atoms with Crippen molar-refractivity contribution in [3.8, 4) is 5.75 Å². The highest BCUT2D eigenvalue weighted by Crippen LogP contribution is 2.14. The van der Waals surface area contributed by atoms with Crippen LogP contribution in [0.2, 0.25) is 0 Å². The Kier molecular flexibility index (Phi) is 6.31. The van der Waals surface area contributed by atoms with E-state index in [1.54, 1.807) is 31.4 Å². The molecule has 1 aromatic carbocycles. The van der Waals surface area contributed by atoms with Gasteiger partial charge in [0.25, 0.3) is 0 Å². The predicted molar refractivity (Wildman–Crippen MR) is 73.1 cm³/mol. The molecule has 1 aromatic rings. The number of benzene rings is 1. The van der Waals surface area contributed by atoms with Crippen LogP contribution in [0.25, 0.3) is 0 Å². The van der Waals surface area contributed by atoms with E-state index < -0.39 is 18.1 Å². The molecule has 20 heavy (non-hydrogen) atoms. The molecule has 0 saturated carbocycles. The number of hydrogen-bond donors (Lipinski definition) is 3. The number of urea groups is 1. The monoisotopic (exact) mass is 282 g/mol. The molecule has 3 N–H and O–H groups in total. The van der Waals surface area contributed by atoms with Crippen molar-refractivity contribution < 1.29 is 24.2 Å². The van der Waals surface area contributed by atoms with Gasteiger partial charge < -0.3 is 25.2 Å². The largest absolute Gasteiger partial charge is 0.497 e. The van der Waals surface area contributed by atoms with Crippen molar-refractivity contribution >= 4 is 17.7 Å². The standard InChI is InChI=1S/C13H18N2O5/c1-19-10-5-3-9(4-6-10)15-13(18)14-8-11(20-2)7-12(16)17/h3-6,11H,7-8H2,1-2H3,(H,16,17)(H2,14,15,18). The number of rotatable bonds is 7. The van der Waals surface area contributed by atoms with Gasteiger partial charge in [-0.2, -0.15) is 0 Å². The van der Waals surface area contributed by atoms with Gasteiger partial charge in [-0.3, -0.25) is 4.79 Å². The molecule has 0 heterocycles. The summed E-state index contributed by atoms with van der Waals surface area (Å²) in [6, 6.07) is 6.41. The van der Waals surface area contributed by atoms with Crippen molar-refractivity contribution in [1.82, 2.24) is 5.32 Å². The fourth-order valence-electron chi connectivity index (χ4n) is 1.49. The summed E-state index contributed by atoms with van der Waals surface area (Å²) in [6.45, 7) is 0.116. The van der Waals surface area contributed by atoms with Gasteiger partial charge in [-0.15, -0.1) is 0 Å². The number of ether oxygens (including phenoxy) is 2. The molecule has 1 atom stereocenters. The first kappa shape index (κ1) is 15.8. The molecule has 0 radical (unpaired) electrons. The van der Waals surface area contributed by atoms with E-state index in [2.05, 4.69) is 10.6 Å². The van der Waals surface area contributed by atoms with Gasteiger partial charge in [0.2, 0.25) is 0 Å². The third-order valence-electron chi connectivity index (χ3n) is 2.57. The Morgan fingerprint density at radius 3 is 2.40 bits per heavy atom. The van der Waals surface area contributed by atoms with E-state index in [0.717, 1.165) is 0 Å². The maximum absolute atomic E-state index is 11.6. The molecular weight excluding hydrogens is 264 g/mol. The van der Waals surface area contributed by atoms with Crippen LogP contribution in [-0.2, 0) is 9.53 Å². The number of carboxylic acids is 1. The Labute approximate surface area is 116 Å². The summed E-state index contributed by atoms with van der Waals surface area (Å²) in [4.78, 5) is 22.2. The molecule has 110 valence electrons. The minimum Gasteiger partial charge on any atom is -0.497 e. The molecule has 0 aliphatic heterocycles. The Bertz CT molecular complexity index is 447. The fraction of sp³-hybridized carbons (Fsp3) is 0.385. The van der Waals surface area contributed by atoms with E-state index in [9.17, 15) is 9.59 Å². The first-order valence-electron chi connectivity index (χ1n) is 5.98. The zero-order valence-corrected chi connectivity index (χ0v) is 11.4. The number of methoxy groups -OCH3 is 2. The zero-order valence-electron chi connectivity index (χ0n) is 11.4. The highest BCUT2D eigenvalue weighted by molar-refractivity contribution is 5.89. The summed E-state index contributed by atoms with van der Waals surface area (Å²) in [7, 11) is 2.96. The minimum atomic E-state index is -0.978.